The highest BCUT2D eigenvalue weighted by molar-refractivity contribution is 7.99. The molecule has 1 fully saturated rings. The van der Waals surface area contributed by atoms with E-state index in [0.29, 0.717) is 25.4 Å². The van der Waals surface area contributed by atoms with Crippen LogP contribution >= 0.6 is 11.8 Å². The molecule has 0 saturated carbocycles. The van der Waals surface area contributed by atoms with Crippen molar-refractivity contribution in [1.82, 2.24) is 29.9 Å². The third-order valence-corrected chi connectivity index (χ3v) is 5.96. The van der Waals surface area contributed by atoms with Crippen molar-refractivity contribution in [2.75, 3.05) is 38.5 Å². The van der Waals surface area contributed by atoms with Crippen LogP contribution in [0.2, 0.25) is 0 Å². The molecule has 1 saturated heterocycles. The molecule has 3 heterocycles. The molecule has 156 valence electrons. The van der Waals surface area contributed by atoms with Crippen molar-refractivity contribution in [2.45, 2.75) is 63.7 Å². The second-order valence-electron chi connectivity index (χ2n) is 8.60. The van der Waals surface area contributed by atoms with Crippen LogP contribution in [0.5, 0.6) is 0 Å². The van der Waals surface area contributed by atoms with Crippen LogP contribution in [0.15, 0.2) is 5.16 Å². The molecule has 2 amide bonds. The Hall–Kier alpha value is -1.61. The molecular weight excluding hydrogens is 376 g/mol. The van der Waals surface area contributed by atoms with Crippen LogP contribution in [0.25, 0.3) is 0 Å². The Morgan fingerprint density at radius 2 is 1.79 bits per heavy atom. The average Bonchev–Trinajstić information content (AvgIpc) is 2.85. The fourth-order valence-electron chi connectivity index (χ4n) is 3.60. The van der Waals surface area contributed by atoms with Gasteiger partial charge in [-0.1, -0.05) is 18.2 Å². The van der Waals surface area contributed by atoms with Gasteiger partial charge in [0.1, 0.15) is 5.82 Å². The van der Waals surface area contributed by atoms with E-state index in [4.69, 9.17) is 0 Å². The third kappa shape index (κ3) is 5.94. The molecule has 2 aliphatic rings. The summed E-state index contributed by atoms with van der Waals surface area (Å²) in [6.07, 6.45) is 4.52. The highest BCUT2D eigenvalue weighted by Gasteiger charge is 2.24. The first-order chi connectivity index (χ1) is 13.3. The largest absolute Gasteiger partial charge is 0.350 e. The molecule has 1 N–H and O–H groups in total. The van der Waals surface area contributed by atoms with Crippen molar-refractivity contribution in [1.29, 1.82) is 0 Å². The van der Waals surface area contributed by atoms with Gasteiger partial charge in [-0.3, -0.25) is 14.5 Å². The lowest BCUT2D eigenvalue weighted by atomic mass is 10.1. The maximum atomic E-state index is 12.6. The zero-order chi connectivity index (χ0) is 20.1. The monoisotopic (exact) mass is 408 g/mol. The van der Waals surface area contributed by atoms with Gasteiger partial charge in [0.15, 0.2) is 5.16 Å². The van der Waals surface area contributed by atoms with Crippen LogP contribution in [0.3, 0.4) is 0 Å². The van der Waals surface area contributed by atoms with E-state index in [1.54, 1.807) is 0 Å². The topological polar surface area (TPSA) is 83.4 Å². The fraction of sp³-hybridized carbons (Fsp3) is 0.789. The van der Waals surface area contributed by atoms with Gasteiger partial charge in [-0.2, -0.15) is 0 Å². The molecule has 2 aliphatic heterocycles. The van der Waals surface area contributed by atoms with E-state index in [1.165, 1.54) is 24.6 Å². The number of carbonyl (C=O) groups is 2. The van der Waals surface area contributed by atoms with Crippen molar-refractivity contribution in [3.05, 3.63) is 5.82 Å². The number of aryl methyl sites for hydroxylation is 1. The van der Waals surface area contributed by atoms with Crippen molar-refractivity contribution in [3.8, 4) is 0 Å². The van der Waals surface area contributed by atoms with E-state index in [9.17, 15) is 9.59 Å². The lowest BCUT2D eigenvalue weighted by Crippen LogP contribution is -2.53. The number of hydrogen-bond donors (Lipinski definition) is 1. The van der Waals surface area contributed by atoms with E-state index in [2.05, 4.69) is 25.0 Å². The van der Waals surface area contributed by atoms with Gasteiger partial charge in [0.2, 0.25) is 11.8 Å². The molecule has 0 aromatic carbocycles. The van der Waals surface area contributed by atoms with Crippen LogP contribution < -0.4 is 5.32 Å². The smallest absolute Gasteiger partial charge is 0.234 e. The van der Waals surface area contributed by atoms with Gasteiger partial charge in [0.25, 0.3) is 0 Å². The highest BCUT2D eigenvalue weighted by atomic mass is 32.2. The van der Waals surface area contributed by atoms with E-state index in [0.717, 1.165) is 43.5 Å². The number of fused-ring (bicyclic) bond motifs is 1. The van der Waals surface area contributed by atoms with Gasteiger partial charge >= 0.3 is 0 Å². The Morgan fingerprint density at radius 3 is 2.50 bits per heavy atom. The standard InChI is InChI=1S/C19H32N6O2S/c1-19(2,3)20-16(26)13-23-9-11-24(12-10-23)17(27)14-28-18-22-21-15-7-5-4-6-8-25(15)18/h4-14H2,1-3H3,(H,20,26). The Morgan fingerprint density at radius 1 is 1.04 bits per heavy atom. The Kier molecular flexibility index (Phi) is 6.98. The molecule has 9 heteroatoms. The van der Waals surface area contributed by atoms with Gasteiger partial charge in [-0.05, 0) is 33.6 Å². The highest BCUT2D eigenvalue weighted by Crippen LogP contribution is 2.22. The maximum absolute atomic E-state index is 12.6. The fourth-order valence-corrected chi connectivity index (χ4v) is 4.49. The van der Waals surface area contributed by atoms with Crippen LogP contribution in [-0.4, -0.2) is 80.4 Å². The SMILES string of the molecule is CC(C)(C)NC(=O)CN1CCN(C(=O)CSc2nnc3n2CCCCC3)CC1. The average molecular weight is 409 g/mol. The summed E-state index contributed by atoms with van der Waals surface area (Å²) in [5.74, 6) is 1.61. The first kappa shape index (κ1) is 21.1. The van der Waals surface area contributed by atoms with Gasteiger partial charge in [0, 0.05) is 44.7 Å². The first-order valence-electron chi connectivity index (χ1n) is 10.2. The van der Waals surface area contributed by atoms with Crippen LogP contribution in [0.1, 0.15) is 45.9 Å². The number of nitrogens with zero attached hydrogens (tertiary/aromatic N) is 5. The number of nitrogens with one attached hydrogen (secondary N) is 1. The summed E-state index contributed by atoms with van der Waals surface area (Å²) in [5, 5.41) is 12.4. The molecule has 1 aromatic heterocycles. The lowest BCUT2D eigenvalue weighted by Gasteiger charge is -2.34. The van der Waals surface area contributed by atoms with Crippen molar-refractivity contribution < 1.29 is 9.59 Å². The minimum Gasteiger partial charge on any atom is -0.350 e. The predicted molar refractivity (Wildman–Crippen MR) is 109 cm³/mol. The summed E-state index contributed by atoms with van der Waals surface area (Å²) in [7, 11) is 0. The lowest BCUT2D eigenvalue weighted by molar-refractivity contribution is -0.130. The predicted octanol–water partition coefficient (Wildman–Crippen LogP) is 1.16. The van der Waals surface area contributed by atoms with E-state index < -0.39 is 0 Å². The number of thioether (sulfide) groups is 1. The molecule has 28 heavy (non-hydrogen) atoms. The van der Waals surface area contributed by atoms with Crippen LogP contribution in [-0.2, 0) is 22.6 Å². The van der Waals surface area contributed by atoms with Gasteiger partial charge in [0.05, 0.1) is 12.3 Å². The Balaban J connectivity index is 1.42. The van der Waals surface area contributed by atoms with Crippen LogP contribution in [0.4, 0.5) is 0 Å². The molecular formula is C19H32N6O2S. The van der Waals surface area contributed by atoms with Crippen LogP contribution in [0, 0.1) is 0 Å². The minimum absolute atomic E-state index is 0.0373. The van der Waals surface area contributed by atoms with Gasteiger partial charge in [-0.25, -0.2) is 0 Å². The van der Waals surface area contributed by atoms with E-state index in [-0.39, 0.29) is 17.4 Å². The first-order valence-corrected chi connectivity index (χ1v) is 11.2. The number of amides is 2. The van der Waals surface area contributed by atoms with E-state index >= 15 is 0 Å². The molecule has 8 nitrogen and oxygen atoms in total. The Bertz CT molecular complexity index is 691. The number of aromatic nitrogens is 3. The quantitative estimate of drug-likeness (QED) is 0.736. The summed E-state index contributed by atoms with van der Waals surface area (Å²) < 4.78 is 2.18. The summed E-state index contributed by atoms with van der Waals surface area (Å²) in [5.41, 5.74) is -0.216. The van der Waals surface area contributed by atoms with Crippen molar-refractivity contribution >= 4 is 23.6 Å². The van der Waals surface area contributed by atoms with Crippen molar-refractivity contribution in [3.63, 3.8) is 0 Å². The molecule has 1 aromatic rings. The third-order valence-electron chi connectivity index (χ3n) is 5.01. The minimum atomic E-state index is -0.216. The molecule has 0 atom stereocenters. The van der Waals surface area contributed by atoms with Gasteiger partial charge in [-0.15, -0.1) is 10.2 Å². The summed E-state index contributed by atoms with van der Waals surface area (Å²) in [6, 6.07) is 0. The van der Waals surface area contributed by atoms with E-state index in [1.807, 2.05) is 25.7 Å². The molecule has 0 unspecified atom stereocenters. The Labute approximate surface area is 171 Å². The number of piperazine rings is 1. The molecule has 3 rings (SSSR count). The summed E-state index contributed by atoms with van der Waals surface area (Å²) in [4.78, 5) is 28.7. The maximum Gasteiger partial charge on any atom is 0.234 e. The number of carbonyl (C=O) groups excluding carboxylic acids is 2. The summed E-state index contributed by atoms with van der Waals surface area (Å²) >= 11 is 1.49. The zero-order valence-electron chi connectivity index (χ0n) is 17.2. The normalized spacial score (nSPS) is 18.5. The molecule has 0 bridgehead atoms. The number of hydrogen-bond acceptors (Lipinski definition) is 6. The van der Waals surface area contributed by atoms with Crippen molar-refractivity contribution in [2.24, 2.45) is 0 Å². The molecule has 0 aliphatic carbocycles. The zero-order valence-corrected chi connectivity index (χ0v) is 18.1. The summed E-state index contributed by atoms with van der Waals surface area (Å²) in [6.45, 7) is 10.1. The van der Waals surface area contributed by atoms with Gasteiger partial charge < -0.3 is 14.8 Å². The molecule has 0 spiro atoms. The second kappa shape index (κ2) is 9.26. The second-order valence-corrected chi connectivity index (χ2v) is 9.55. The molecule has 0 radical (unpaired) electrons. The number of rotatable bonds is 5.